The van der Waals surface area contributed by atoms with E-state index in [4.69, 9.17) is 10.3 Å². The summed E-state index contributed by atoms with van der Waals surface area (Å²) in [5.74, 6) is 1.12. The van der Waals surface area contributed by atoms with Crippen LogP contribution in [0.1, 0.15) is 5.56 Å². The maximum absolute atomic E-state index is 5.46. The van der Waals surface area contributed by atoms with E-state index in [1.54, 1.807) is 17.4 Å². The van der Waals surface area contributed by atoms with Crippen molar-refractivity contribution in [1.82, 2.24) is 5.16 Å². The van der Waals surface area contributed by atoms with Crippen LogP contribution < -0.4 is 5.73 Å². The van der Waals surface area contributed by atoms with Gasteiger partial charge in [0.2, 0.25) is 0 Å². The molecule has 0 aliphatic carbocycles. The number of aryl methyl sites for hydroxylation is 1. The van der Waals surface area contributed by atoms with E-state index < -0.39 is 0 Å². The van der Waals surface area contributed by atoms with Crippen LogP contribution in [-0.4, -0.2) is 5.16 Å². The first-order chi connectivity index (χ1) is 6.18. The monoisotopic (exact) mass is 258 g/mol. The first kappa shape index (κ1) is 8.77. The zero-order chi connectivity index (χ0) is 9.42. The van der Waals surface area contributed by atoms with Gasteiger partial charge in [-0.1, -0.05) is 5.16 Å². The molecule has 0 unspecified atom stereocenters. The van der Waals surface area contributed by atoms with Gasteiger partial charge in [0.25, 0.3) is 0 Å². The Kier molecular flexibility index (Phi) is 2.13. The Morgan fingerprint density at radius 1 is 1.62 bits per heavy atom. The summed E-state index contributed by atoms with van der Waals surface area (Å²) in [6, 6.07) is 1.72. The second-order valence-corrected chi connectivity index (χ2v) is 4.35. The lowest BCUT2D eigenvalue weighted by Gasteiger charge is -1.90. The predicted molar refractivity (Wildman–Crippen MR) is 56.7 cm³/mol. The van der Waals surface area contributed by atoms with Gasteiger partial charge in [-0.2, -0.15) is 0 Å². The van der Waals surface area contributed by atoms with Crippen LogP contribution in [0.25, 0.3) is 10.6 Å². The van der Waals surface area contributed by atoms with Crippen LogP contribution in [0.5, 0.6) is 0 Å². The highest BCUT2D eigenvalue weighted by Gasteiger charge is 2.12. The van der Waals surface area contributed by atoms with Crippen molar-refractivity contribution in [2.24, 2.45) is 0 Å². The lowest BCUT2D eigenvalue weighted by Crippen LogP contribution is -1.79. The van der Waals surface area contributed by atoms with E-state index in [0.29, 0.717) is 11.6 Å². The third-order valence-corrected chi connectivity index (χ3v) is 4.05. The Balaban J connectivity index is 2.52. The average molecular weight is 259 g/mol. The number of halogens is 1. The average Bonchev–Trinajstić information content (AvgIpc) is 2.62. The van der Waals surface area contributed by atoms with E-state index in [-0.39, 0.29) is 0 Å². The molecule has 0 aliphatic rings. The van der Waals surface area contributed by atoms with E-state index in [2.05, 4.69) is 26.5 Å². The standard InChI is InChI=1S/C8H7BrN2OS/c1-4-3-13-8(7(4)9)5-2-6(10)11-12-5/h2-3H,1H3,(H2,10,11). The SMILES string of the molecule is Cc1csc(-c2cc(N)no2)c1Br. The molecule has 0 saturated carbocycles. The van der Waals surface area contributed by atoms with Gasteiger partial charge < -0.3 is 10.3 Å². The summed E-state index contributed by atoms with van der Waals surface area (Å²) in [5.41, 5.74) is 6.65. The second kappa shape index (κ2) is 3.16. The molecular formula is C8H7BrN2OS. The van der Waals surface area contributed by atoms with Gasteiger partial charge in [-0.3, -0.25) is 0 Å². The molecule has 2 aromatic heterocycles. The lowest BCUT2D eigenvalue weighted by molar-refractivity contribution is 0.436. The van der Waals surface area contributed by atoms with Crippen molar-refractivity contribution in [2.75, 3.05) is 5.73 Å². The summed E-state index contributed by atoms with van der Waals surface area (Å²) in [6.07, 6.45) is 0. The molecule has 13 heavy (non-hydrogen) atoms. The van der Waals surface area contributed by atoms with Crippen LogP contribution in [0.4, 0.5) is 5.82 Å². The Labute approximate surface area is 87.7 Å². The van der Waals surface area contributed by atoms with Crippen molar-refractivity contribution >= 4 is 33.1 Å². The maximum Gasteiger partial charge on any atom is 0.180 e. The van der Waals surface area contributed by atoms with Crippen molar-refractivity contribution in [3.8, 4) is 10.6 Å². The molecule has 2 N–H and O–H groups in total. The second-order valence-electron chi connectivity index (χ2n) is 2.68. The Morgan fingerprint density at radius 3 is 2.85 bits per heavy atom. The van der Waals surface area contributed by atoms with E-state index in [0.717, 1.165) is 9.35 Å². The van der Waals surface area contributed by atoms with Gasteiger partial charge in [-0.15, -0.1) is 11.3 Å². The quantitative estimate of drug-likeness (QED) is 0.856. The van der Waals surface area contributed by atoms with Crippen LogP contribution in [-0.2, 0) is 0 Å². The summed E-state index contributed by atoms with van der Waals surface area (Å²) < 4.78 is 6.10. The van der Waals surface area contributed by atoms with Gasteiger partial charge in [-0.05, 0) is 33.8 Å². The summed E-state index contributed by atoms with van der Waals surface area (Å²) in [7, 11) is 0. The van der Waals surface area contributed by atoms with Gasteiger partial charge in [0.15, 0.2) is 11.6 Å². The third-order valence-electron chi connectivity index (χ3n) is 1.65. The molecule has 2 rings (SSSR count). The summed E-state index contributed by atoms with van der Waals surface area (Å²) in [4.78, 5) is 1.03. The van der Waals surface area contributed by atoms with Gasteiger partial charge in [-0.25, -0.2) is 0 Å². The van der Waals surface area contributed by atoms with Crippen LogP contribution >= 0.6 is 27.3 Å². The van der Waals surface area contributed by atoms with Gasteiger partial charge in [0, 0.05) is 10.5 Å². The molecule has 0 bridgehead atoms. The third kappa shape index (κ3) is 1.49. The van der Waals surface area contributed by atoms with E-state index in [1.165, 1.54) is 5.56 Å². The number of thiophene rings is 1. The van der Waals surface area contributed by atoms with Crippen molar-refractivity contribution in [3.05, 3.63) is 21.5 Å². The summed E-state index contributed by atoms with van der Waals surface area (Å²) in [6.45, 7) is 2.03. The molecule has 0 aliphatic heterocycles. The highest BCUT2D eigenvalue weighted by Crippen LogP contribution is 2.36. The number of rotatable bonds is 1. The molecule has 0 aromatic carbocycles. The lowest BCUT2D eigenvalue weighted by atomic mass is 10.3. The van der Waals surface area contributed by atoms with Crippen LogP contribution in [0, 0.1) is 6.92 Å². The zero-order valence-electron chi connectivity index (χ0n) is 6.87. The number of hydrogen-bond acceptors (Lipinski definition) is 4. The Morgan fingerprint density at radius 2 is 2.38 bits per heavy atom. The van der Waals surface area contributed by atoms with Crippen molar-refractivity contribution in [1.29, 1.82) is 0 Å². The molecular weight excluding hydrogens is 252 g/mol. The molecule has 0 fully saturated rings. The molecule has 2 heterocycles. The molecule has 5 heteroatoms. The number of nitrogens with zero attached hydrogens (tertiary/aromatic N) is 1. The Hall–Kier alpha value is -0.810. The summed E-state index contributed by atoms with van der Waals surface area (Å²) >= 11 is 5.08. The molecule has 0 spiro atoms. The van der Waals surface area contributed by atoms with Crippen LogP contribution in [0.2, 0.25) is 0 Å². The molecule has 68 valence electrons. The fraction of sp³-hybridized carbons (Fsp3) is 0.125. The molecule has 0 amide bonds. The van der Waals surface area contributed by atoms with Gasteiger partial charge >= 0.3 is 0 Å². The largest absolute Gasteiger partial charge is 0.381 e. The minimum atomic E-state index is 0.410. The fourth-order valence-electron chi connectivity index (χ4n) is 0.992. The number of aromatic nitrogens is 1. The smallest absolute Gasteiger partial charge is 0.180 e. The normalized spacial score (nSPS) is 10.6. The fourth-order valence-corrected chi connectivity index (χ4v) is 2.62. The van der Waals surface area contributed by atoms with Crippen molar-refractivity contribution < 1.29 is 4.52 Å². The number of nitrogens with two attached hydrogens (primary N) is 1. The molecule has 0 atom stereocenters. The molecule has 2 aromatic rings. The molecule has 0 saturated heterocycles. The highest BCUT2D eigenvalue weighted by molar-refractivity contribution is 9.10. The number of hydrogen-bond donors (Lipinski definition) is 1. The van der Waals surface area contributed by atoms with E-state index >= 15 is 0 Å². The van der Waals surface area contributed by atoms with Gasteiger partial charge in [0.1, 0.15) is 0 Å². The summed E-state index contributed by atoms with van der Waals surface area (Å²) in [5, 5.41) is 5.69. The van der Waals surface area contributed by atoms with Crippen LogP contribution in [0.3, 0.4) is 0 Å². The topological polar surface area (TPSA) is 52.0 Å². The Bertz CT molecular complexity index is 435. The number of nitrogen functional groups attached to an aromatic ring is 1. The van der Waals surface area contributed by atoms with E-state index in [1.807, 2.05) is 6.92 Å². The van der Waals surface area contributed by atoms with Crippen LogP contribution in [0.15, 0.2) is 20.4 Å². The zero-order valence-corrected chi connectivity index (χ0v) is 9.28. The van der Waals surface area contributed by atoms with E-state index in [9.17, 15) is 0 Å². The first-order valence-electron chi connectivity index (χ1n) is 3.64. The van der Waals surface area contributed by atoms with Crippen molar-refractivity contribution in [2.45, 2.75) is 6.92 Å². The maximum atomic E-state index is 5.46. The van der Waals surface area contributed by atoms with Gasteiger partial charge in [0.05, 0.1) is 4.88 Å². The number of anilines is 1. The van der Waals surface area contributed by atoms with Crippen molar-refractivity contribution in [3.63, 3.8) is 0 Å². The minimum Gasteiger partial charge on any atom is -0.381 e. The predicted octanol–water partition coefficient (Wildman–Crippen LogP) is 3.06. The first-order valence-corrected chi connectivity index (χ1v) is 5.32. The highest BCUT2D eigenvalue weighted by atomic mass is 79.9. The minimum absolute atomic E-state index is 0.410. The molecule has 0 radical (unpaired) electrons. The molecule has 3 nitrogen and oxygen atoms in total.